The molecule has 0 heterocycles. The van der Waals surface area contributed by atoms with Crippen molar-refractivity contribution in [2.45, 2.75) is 39.5 Å². The number of carbonyl (C=O) groups is 1. The zero-order chi connectivity index (χ0) is 16.5. The Bertz CT molecular complexity index is 524. The molecular formula is C18H29IN4O. The summed E-state index contributed by atoms with van der Waals surface area (Å²) in [6, 6.07) is 9.45. The van der Waals surface area contributed by atoms with E-state index in [1.807, 2.05) is 37.3 Å². The summed E-state index contributed by atoms with van der Waals surface area (Å²) in [4.78, 5) is 16.4. The van der Waals surface area contributed by atoms with Gasteiger partial charge < -0.3 is 16.0 Å². The highest BCUT2D eigenvalue weighted by Crippen LogP contribution is 2.42. The third-order valence-corrected chi connectivity index (χ3v) is 4.58. The van der Waals surface area contributed by atoms with Crippen LogP contribution in [0.5, 0.6) is 0 Å². The number of para-hydroxylation sites is 1. The van der Waals surface area contributed by atoms with Crippen LogP contribution in [0.15, 0.2) is 35.3 Å². The number of halogens is 1. The Morgan fingerprint density at radius 2 is 1.88 bits per heavy atom. The Balaban J connectivity index is 0.00000288. The summed E-state index contributed by atoms with van der Waals surface area (Å²) in [6.45, 7) is 6.10. The molecule has 0 unspecified atom stereocenters. The highest BCUT2D eigenvalue weighted by atomic mass is 127. The fourth-order valence-corrected chi connectivity index (χ4v) is 2.82. The Kier molecular flexibility index (Phi) is 9.10. The summed E-state index contributed by atoms with van der Waals surface area (Å²) in [7, 11) is 0. The molecule has 0 spiro atoms. The average Bonchev–Trinajstić information content (AvgIpc) is 2.53. The smallest absolute Gasteiger partial charge is 0.246 e. The minimum absolute atomic E-state index is 0. The predicted octanol–water partition coefficient (Wildman–Crippen LogP) is 3.38. The molecule has 24 heavy (non-hydrogen) atoms. The zero-order valence-electron chi connectivity index (χ0n) is 14.6. The molecule has 6 heteroatoms. The number of benzene rings is 1. The molecular weight excluding hydrogens is 415 g/mol. The van der Waals surface area contributed by atoms with Crippen molar-refractivity contribution >= 4 is 41.5 Å². The molecule has 134 valence electrons. The van der Waals surface area contributed by atoms with Crippen molar-refractivity contribution in [3.8, 4) is 0 Å². The van der Waals surface area contributed by atoms with Gasteiger partial charge in [0.05, 0.1) is 0 Å². The van der Waals surface area contributed by atoms with Gasteiger partial charge >= 0.3 is 0 Å². The van der Waals surface area contributed by atoms with Crippen molar-refractivity contribution in [3.05, 3.63) is 30.3 Å². The van der Waals surface area contributed by atoms with Crippen LogP contribution in [0.2, 0.25) is 0 Å². The summed E-state index contributed by atoms with van der Waals surface area (Å²) >= 11 is 0. The number of guanidine groups is 1. The van der Waals surface area contributed by atoms with Crippen molar-refractivity contribution in [2.24, 2.45) is 10.4 Å². The molecule has 0 radical (unpaired) electrons. The first-order valence-corrected chi connectivity index (χ1v) is 8.54. The number of amides is 1. The van der Waals surface area contributed by atoms with Gasteiger partial charge in [0, 0.05) is 18.8 Å². The first-order chi connectivity index (χ1) is 11.2. The van der Waals surface area contributed by atoms with Crippen molar-refractivity contribution in [3.63, 3.8) is 0 Å². The molecule has 3 N–H and O–H groups in total. The summed E-state index contributed by atoms with van der Waals surface area (Å²) < 4.78 is 0. The Hall–Kier alpha value is -1.31. The van der Waals surface area contributed by atoms with Crippen molar-refractivity contribution in [2.75, 3.05) is 25.0 Å². The Morgan fingerprint density at radius 1 is 1.17 bits per heavy atom. The number of aliphatic imine (C=N–C) groups is 1. The standard InChI is InChI=1S/C18H28N4O.HI/c1-3-18(11-8-12-18)14-21-17(19-4-2)20-13-16(23)22-15-9-6-5-7-10-15;/h5-7,9-10H,3-4,8,11-14H2,1-2H3,(H,22,23)(H2,19,20,21);1H. The van der Waals surface area contributed by atoms with Gasteiger partial charge in [0.1, 0.15) is 6.54 Å². The molecule has 0 aromatic heterocycles. The lowest BCUT2D eigenvalue weighted by atomic mass is 9.67. The highest BCUT2D eigenvalue weighted by Gasteiger charge is 2.34. The topological polar surface area (TPSA) is 65.5 Å². The third kappa shape index (κ3) is 6.30. The lowest BCUT2D eigenvalue weighted by Gasteiger charge is -2.41. The zero-order valence-corrected chi connectivity index (χ0v) is 16.9. The summed E-state index contributed by atoms with van der Waals surface area (Å²) in [5.74, 6) is 0.609. The van der Waals surface area contributed by atoms with Gasteiger partial charge in [-0.3, -0.25) is 4.79 Å². The van der Waals surface area contributed by atoms with Gasteiger partial charge in [-0.15, -0.1) is 24.0 Å². The lowest BCUT2D eigenvalue weighted by molar-refractivity contribution is -0.114. The molecule has 2 rings (SSSR count). The minimum atomic E-state index is -0.109. The summed E-state index contributed by atoms with van der Waals surface area (Å²) in [5.41, 5.74) is 1.22. The van der Waals surface area contributed by atoms with Gasteiger partial charge in [-0.2, -0.15) is 0 Å². The van der Waals surface area contributed by atoms with Crippen LogP contribution in [0.1, 0.15) is 39.5 Å². The van der Waals surface area contributed by atoms with Crippen LogP contribution in [0, 0.1) is 5.41 Å². The van der Waals surface area contributed by atoms with Crippen molar-refractivity contribution < 1.29 is 4.79 Å². The molecule has 1 aromatic rings. The van der Waals surface area contributed by atoms with E-state index in [0.29, 0.717) is 5.41 Å². The number of nitrogens with zero attached hydrogens (tertiary/aromatic N) is 1. The maximum Gasteiger partial charge on any atom is 0.246 e. The second kappa shape index (κ2) is 10.5. The largest absolute Gasteiger partial charge is 0.357 e. The van der Waals surface area contributed by atoms with Gasteiger partial charge in [0.2, 0.25) is 5.91 Å². The summed E-state index contributed by atoms with van der Waals surface area (Å²) in [5, 5.41) is 9.44. The monoisotopic (exact) mass is 444 g/mol. The number of rotatable bonds is 7. The van der Waals surface area contributed by atoms with Crippen LogP contribution >= 0.6 is 24.0 Å². The van der Waals surface area contributed by atoms with E-state index in [4.69, 9.17) is 0 Å². The molecule has 0 saturated heterocycles. The molecule has 1 aromatic carbocycles. The molecule has 0 aliphatic heterocycles. The number of anilines is 1. The average molecular weight is 444 g/mol. The lowest BCUT2D eigenvalue weighted by Crippen LogP contribution is -2.46. The van der Waals surface area contributed by atoms with Gasteiger partial charge in [0.15, 0.2) is 5.96 Å². The Morgan fingerprint density at radius 3 is 2.42 bits per heavy atom. The van der Waals surface area contributed by atoms with E-state index in [9.17, 15) is 4.79 Å². The number of carbonyl (C=O) groups excluding carboxylic acids is 1. The van der Waals surface area contributed by atoms with E-state index in [1.54, 1.807) is 0 Å². The van der Waals surface area contributed by atoms with E-state index in [-0.39, 0.29) is 36.4 Å². The molecule has 1 aliphatic carbocycles. The first-order valence-electron chi connectivity index (χ1n) is 8.54. The molecule has 1 saturated carbocycles. The predicted molar refractivity (Wildman–Crippen MR) is 111 cm³/mol. The van der Waals surface area contributed by atoms with Gasteiger partial charge in [-0.05, 0) is 43.7 Å². The van der Waals surface area contributed by atoms with Crippen LogP contribution in [-0.4, -0.2) is 31.5 Å². The SMILES string of the molecule is CCNC(=NCC(=O)Nc1ccccc1)NCC1(CC)CCC1.I. The number of nitrogens with one attached hydrogen (secondary N) is 3. The van der Waals surface area contributed by atoms with Crippen LogP contribution in [0.25, 0.3) is 0 Å². The van der Waals surface area contributed by atoms with Gasteiger partial charge in [-0.25, -0.2) is 4.99 Å². The van der Waals surface area contributed by atoms with Crippen LogP contribution in [0.4, 0.5) is 5.69 Å². The fraction of sp³-hybridized carbons (Fsp3) is 0.556. The van der Waals surface area contributed by atoms with Gasteiger partial charge in [0.25, 0.3) is 0 Å². The van der Waals surface area contributed by atoms with E-state index in [1.165, 1.54) is 25.7 Å². The molecule has 0 bridgehead atoms. The van der Waals surface area contributed by atoms with Crippen molar-refractivity contribution in [1.82, 2.24) is 10.6 Å². The van der Waals surface area contributed by atoms with E-state index < -0.39 is 0 Å². The Labute approximate surface area is 162 Å². The summed E-state index contributed by atoms with van der Waals surface area (Å²) in [6.07, 6.45) is 5.07. The number of hydrogen-bond donors (Lipinski definition) is 3. The fourth-order valence-electron chi connectivity index (χ4n) is 2.82. The van der Waals surface area contributed by atoms with Crippen LogP contribution in [-0.2, 0) is 4.79 Å². The van der Waals surface area contributed by atoms with E-state index >= 15 is 0 Å². The minimum Gasteiger partial charge on any atom is -0.357 e. The third-order valence-electron chi connectivity index (χ3n) is 4.58. The highest BCUT2D eigenvalue weighted by molar-refractivity contribution is 14.0. The quantitative estimate of drug-likeness (QED) is 0.343. The maximum absolute atomic E-state index is 12.0. The number of hydrogen-bond acceptors (Lipinski definition) is 2. The molecule has 1 amide bonds. The van der Waals surface area contributed by atoms with E-state index in [2.05, 4.69) is 27.9 Å². The van der Waals surface area contributed by atoms with E-state index in [0.717, 1.165) is 24.7 Å². The van der Waals surface area contributed by atoms with Crippen LogP contribution < -0.4 is 16.0 Å². The van der Waals surface area contributed by atoms with Crippen molar-refractivity contribution in [1.29, 1.82) is 0 Å². The first kappa shape index (κ1) is 20.7. The van der Waals surface area contributed by atoms with Gasteiger partial charge in [-0.1, -0.05) is 31.5 Å². The maximum atomic E-state index is 12.0. The second-order valence-corrected chi connectivity index (χ2v) is 6.17. The second-order valence-electron chi connectivity index (χ2n) is 6.17. The normalized spacial score (nSPS) is 15.7. The molecule has 5 nitrogen and oxygen atoms in total. The molecule has 1 fully saturated rings. The molecule has 0 atom stereocenters. The molecule has 1 aliphatic rings. The van der Waals surface area contributed by atoms with Crippen LogP contribution in [0.3, 0.4) is 0 Å².